The second-order valence-corrected chi connectivity index (χ2v) is 5.30. The molecule has 1 N–H and O–H groups in total. The van der Waals surface area contributed by atoms with Gasteiger partial charge in [-0.1, -0.05) is 27.7 Å². The zero-order valence-corrected chi connectivity index (χ0v) is 11.6. The molecule has 0 aromatic carbocycles. The molecule has 0 heterocycles. The molecule has 0 atom stereocenters. The molecule has 0 unspecified atom stereocenters. The molecule has 0 fully saturated rings. The molecule has 0 radical (unpaired) electrons. The number of nitrogens with zero attached hydrogens (tertiary/aromatic N) is 1. The van der Waals surface area contributed by atoms with Gasteiger partial charge in [0.25, 0.3) is 0 Å². The SMILES string of the molecule is CCC(CC)N(CCO)CC(C)(C)CS. The molecular weight excluding hydrogens is 206 g/mol. The van der Waals surface area contributed by atoms with Gasteiger partial charge in [0.2, 0.25) is 0 Å². The third-order valence-electron chi connectivity index (χ3n) is 2.91. The summed E-state index contributed by atoms with van der Waals surface area (Å²) in [5.74, 6) is 0.884. The molecule has 0 saturated heterocycles. The summed E-state index contributed by atoms with van der Waals surface area (Å²) < 4.78 is 0. The molecule has 0 aliphatic heterocycles. The molecule has 0 amide bonds. The van der Waals surface area contributed by atoms with E-state index in [0.717, 1.165) is 31.7 Å². The smallest absolute Gasteiger partial charge is 0.0558 e. The summed E-state index contributed by atoms with van der Waals surface area (Å²) in [6, 6.07) is 0.594. The van der Waals surface area contributed by atoms with Crippen LogP contribution >= 0.6 is 12.6 Å². The van der Waals surface area contributed by atoms with E-state index in [9.17, 15) is 0 Å². The van der Waals surface area contributed by atoms with Gasteiger partial charge in [-0.25, -0.2) is 0 Å². The normalized spacial score (nSPS) is 12.8. The third kappa shape index (κ3) is 5.79. The maximum Gasteiger partial charge on any atom is 0.0558 e. The van der Waals surface area contributed by atoms with Crippen LogP contribution in [0.2, 0.25) is 0 Å². The van der Waals surface area contributed by atoms with Crippen LogP contribution in [0.1, 0.15) is 40.5 Å². The fourth-order valence-electron chi connectivity index (χ4n) is 1.92. The van der Waals surface area contributed by atoms with Crippen molar-refractivity contribution >= 4 is 12.6 Å². The minimum absolute atomic E-state index is 0.223. The Balaban J connectivity index is 4.37. The van der Waals surface area contributed by atoms with Crippen molar-refractivity contribution in [3.05, 3.63) is 0 Å². The number of thiol groups is 1. The molecular formula is C12H27NOS. The zero-order chi connectivity index (χ0) is 11.9. The first kappa shape index (κ1) is 15.3. The van der Waals surface area contributed by atoms with Crippen molar-refractivity contribution in [2.75, 3.05) is 25.4 Å². The van der Waals surface area contributed by atoms with Crippen LogP contribution in [0.5, 0.6) is 0 Å². The second kappa shape index (κ2) is 7.53. The van der Waals surface area contributed by atoms with Gasteiger partial charge in [-0.15, -0.1) is 0 Å². The number of hydrogen-bond donors (Lipinski definition) is 2. The summed E-state index contributed by atoms with van der Waals surface area (Å²) in [5, 5.41) is 9.09. The Bertz CT molecular complexity index is 158. The molecule has 0 aromatic heterocycles. The van der Waals surface area contributed by atoms with E-state index < -0.39 is 0 Å². The lowest BCUT2D eigenvalue weighted by atomic mass is 9.94. The van der Waals surface area contributed by atoms with Gasteiger partial charge in [0.05, 0.1) is 6.61 Å². The highest BCUT2D eigenvalue weighted by Crippen LogP contribution is 2.21. The summed E-state index contributed by atoms with van der Waals surface area (Å²) in [5.41, 5.74) is 0.223. The number of aliphatic hydroxyl groups excluding tert-OH is 1. The number of aliphatic hydroxyl groups is 1. The molecule has 0 rings (SSSR count). The minimum atomic E-state index is 0.223. The largest absolute Gasteiger partial charge is 0.395 e. The monoisotopic (exact) mass is 233 g/mol. The van der Waals surface area contributed by atoms with Crippen molar-refractivity contribution in [1.82, 2.24) is 4.90 Å². The van der Waals surface area contributed by atoms with E-state index in [1.165, 1.54) is 0 Å². The summed E-state index contributed by atoms with van der Waals surface area (Å²) >= 11 is 4.38. The van der Waals surface area contributed by atoms with Crippen LogP contribution < -0.4 is 0 Å². The Labute approximate surface area is 100 Å². The van der Waals surface area contributed by atoms with Crippen LogP contribution in [0, 0.1) is 5.41 Å². The predicted octanol–water partition coefficient (Wildman–Crippen LogP) is 2.43. The fourth-order valence-corrected chi connectivity index (χ4v) is 2.02. The quantitative estimate of drug-likeness (QED) is 0.629. The van der Waals surface area contributed by atoms with Crippen LogP contribution in [0.3, 0.4) is 0 Å². The maximum atomic E-state index is 9.09. The molecule has 0 saturated carbocycles. The van der Waals surface area contributed by atoms with E-state index in [-0.39, 0.29) is 12.0 Å². The highest BCUT2D eigenvalue weighted by molar-refractivity contribution is 7.80. The first-order valence-electron chi connectivity index (χ1n) is 5.96. The Morgan fingerprint density at radius 2 is 1.80 bits per heavy atom. The van der Waals surface area contributed by atoms with Gasteiger partial charge < -0.3 is 5.11 Å². The summed E-state index contributed by atoms with van der Waals surface area (Å²) in [6.07, 6.45) is 2.30. The third-order valence-corrected chi connectivity index (χ3v) is 3.76. The molecule has 2 nitrogen and oxygen atoms in total. The first-order chi connectivity index (χ1) is 7.00. The van der Waals surface area contributed by atoms with Crippen LogP contribution in [0.4, 0.5) is 0 Å². The lowest BCUT2D eigenvalue weighted by molar-refractivity contribution is 0.106. The van der Waals surface area contributed by atoms with Crippen molar-refractivity contribution in [3.8, 4) is 0 Å². The number of rotatable bonds is 8. The Kier molecular flexibility index (Phi) is 7.66. The molecule has 0 aliphatic rings. The highest BCUT2D eigenvalue weighted by Gasteiger charge is 2.23. The molecule has 0 aliphatic carbocycles. The van der Waals surface area contributed by atoms with E-state index in [1.54, 1.807) is 0 Å². The Morgan fingerprint density at radius 1 is 1.27 bits per heavy atom. The van der Waals surface area contributed by atoms with Gasteiger partial charge in [-0.05, 0) is 24.0 Å². The Hall–Kier alpha value is 0.270. The van der Waals surface area contributed by atoms with Crippen LogP contribution in [-0.2, 0) is 0 Å². The van der Waals surface area contributed by atoms with Gasteiger partial charge in [0, 0.05) is 19.1 Å². The van der Waals surface area contributed by atoms with E-state index in [1.807, 2.05) is 0 Å². The van der Waals surface area contributed by atoms with Crippen LogP contribution in [0.15, 0.2) is 0 Å². The average molecular weight is 233 g/mol. The van der Waals surface area contributed by atoms with E-state index in [4.69, 9.17) is 5.11 Å². The molecule has 0 aromatic rings. The highest BCUT2D eigenvalue weighted by atomic mass is 32.1. The molecule has 92 valence electrons. The summed E-state index contributed by atoms with van der Waals surface area (Å²) in [6.45, 7) is 10.9. The van der Waals surface area contributed by atoms with E-state index in [2.05, 4.69) is 45.2 Å². The van der Waals surface area contributed by atoms with Crippen molar-refractivity contribution in [3.63, 3.8) is 0 Å². The fraction of sp³-hybridized carbons (Fsp3) is 1.00. The summed E-state index contributed by atoms with van der Waals surface area (Å²) in [7, 11) is 0. The predicted molar refractivity (Wildman–Crippen MR) is 70.7 cm³/mol. The molecule has 15 heavy (non-hydrogen) atoms. The van der Waals surface area contributed by atoms with Crippen LogP contribution in [0.25, 0.3) is 0 Å². The topological polar surface area (TPSA) is 23.5 Å². The average Bonchev–Trinajstić information content (AvgIpc) is 2.19. The zero-order valence-electron chi connectivity index (χ0n) is 10.7. The van der Waals surface area contributed by atoms with Gasteiger partial charge >= 0.3 is 0 Å². The van der Waals surface area contributed by atoms with Gasteiger partial charge in [0.1, 0.15) is 0 Å². The van der Waals surface area contributed by atoms with Gasteiger partial charge in [-0.3, -0.25) is 4.90 Å². The van der Waals surface area contributed by atoms with Crippen LogP contribution in [-0.4, -0.2) is 41.5 Å². The van der Waals surface area contributed by atoms with Crippen molar-refractivity contribution in [1.29, 1.82) is 0 Å². The molecule has 3 heteroatoms. The molecule has 0 spiro atoms. The maximum absolute atomic E-state index is 9.09. The second-order valence-electron chi connectivity index (χ2n) is 4.99. The Morgan fingerprint density at radius 3 is 2.13 bits per heavy atom. The van der Waals surface area contributed by atoms with Gasteiger partial charge in [-0.2, -0.15) is 12.6 Å². The van der Waals surface area contributed by atoms with Gasteiger partial charge in [0.15, 0.2) is 0 Å². The van der Waals surface area contributed by atoms with Crippen molar-refractivity contribution in [2.24, 2.45) is 5.41 Å². The summed E-state index contributed by atoms with van der Waals surface area (Å²) in [4.78, 5) is 2.40. The molecule has 0 bridgehead atoms. The lowest BCUT2D eigenvalue weighted by Gasteiger charge is -2.36. The lowest BCUT2D eigenvalue weighted by Crippen LogP contribution is -2.43. The minimum Gasteiger partial charge on any atom is -0.395 e. The first-order valence-corrected chi connectivity index (χ1v) is 6.59. The van der Waals surface area contributed by atoms with E-state index >= 15 is 0 Å². The number of hydrogen-bond acceptors (Lipinski definition) is 3. The van der Waals surface area contributed by atoms with Crippen molar-refractivity contribution < 1.29 is 5.11 Å². The van der Waals surface area contributed by atoms with E-state index in [0.29, 0.717) is 6.04 Å². The van der Waals surface area contributed by atoms with Crippen molar-refractivity contribution in [2.45, 2.75) is 46.6 Å². The standard InChI is InChI=1S/C12H27NOS/c1-5-11(6-2)13(7-8-14)9-12(3,4)10-15/h11,14-15H,5-10H2,1-4H3.